The van der Waals surface area contributed by atoms with E-state index >= 15 is 0 Å². The standard InChI is InChI=1S/C25H24N6O2.C13H15N6O.C13H12O.Y/c1-2-21(32)30-14-6-7-18(15-30)31-25-22(24(26)27-16-28-25)23(29-31)17-10-12-20(13-11-17)33-19-8-4-3-5-9-19;1-2-11(20)18-5-3-4-9(7-18)19-13-10(6-17-19)12(14)15-8-16-13;1-11-7-9-13(10-8-11)14-12-5-3-2-4-6-12;/h2-5,8-13,16,18H,1,6-7,14-15H2,(H2,26,27,28);2,8-9H,1,3-5,7H2,(H2,14,15,16);2-10H,1H3;/q;-1;;/t18-;9-;;/m11../s1. The second-order valence-electron chi connectivity index (χ2n) is 16.0. The van der Waals surface area contributed by atoms with Gasteiger partial charge in [0.05, 0.1) is 23.8 Å². The van der Waals surface area contributed by atoms with Crippen molar-refractivity contribution in [1.82, 2.24) is 49.3 Å². The average molecular weight is 985 g/mol. The molecule has 2 fully saturated rings. The summed E-state index contributed by atoms with van der Waals surface area (Å²) >= 11 is 0. The first-order valence-corrected chi connectivity index (χ1v) is 22.0. The van der Waals surface area contributed by atoms with E-state index in [4.69, 9.17) is 26.0 Å². The van der Waals surface area contributed by atoms with Crippen LogP contribution in [0.5, 0.6) is 23.0 Å². The van der Waals surface area contributed by atoms with Crippen LogP contribution < -0.4 is 20.9 Å². The monoisotopic (exact) mass is 984 g/mol. The van der Waals surface area contributed by atoms with Crippen molar-refractivity contribution in [1.29, 1.82) is 0 Å². The zero-order valence-corrected chi connectivity index (χ0v) is 40.6. The minimum atomic E-state index is -0.0699. The van der Waals surface area contributed by atoms with E-state index in [1.807, 2.05) is 114 Å². The van der Waals surface area contributed by atoms with E-state index in [0.717, 1.165) is 60.8 Å². The summed E-state index contributed by atoms with van der Waals surface area (Å²) < 4.78 is 15.2. The van der Waals surface area contributed by atoms with E-state index in [1.54, 1.807) is 14.5 Å². The molecule has 343 valence electrons. The van der Waals surface area contributed by atoms with Crippen molar-refractivity contribution in [2.45, 2.75) is 44.7 Å². The van der Waals surface area contributed by atoms with Crippen LogP contribution in [0.3, 0.4) is 0 Å². The van der Waals surface area contributed by atoms with Gasteiger partial charge in [0.2, 0.25) is 11.8 Å². The Morgan fingerprint density at radius 1 is 0.647 bits per heavy atom. The maximum absolute atomic E-state index is 12.2. The summed E-state index contributed by atoms with van der Waals surface area (Å²) in [6, 6.07) is 35.2. The predicted octanol–water partition coefficient (Wildman–Crippen LogP) is 8.56. The number of aromatic nitrogens is 8. The molecule has 10 rings (SSSR count). The number of hydrogen-bond donors (Lipinski definition) is 2. The molecule has 0 unspecified atom stereocenters. The molecule has 68 heavy (non-hydrogen) atoms. The van der Waals surface area contributed by atoms with E-state index in [-0.39, 0.29) is 56.6 Å². The van der Waals surface area contributed by atoms with Crippen LogP contribution in [-0.4, -0.2) is 87.3 Å². The molecule has 17 heteroatoms. The number of anilines is 2. The van der Waals surface area contributed by atoms with Crippen LogP contribution in [0.1, 0.15) is 43.3 Å². The summed E-state index contributed by atoms with van der Waals surface area (Å²) in [5.74, 6) is 3.87. The smallest absolute Gasteiger partial charge is 0.246 e. The van der Waals surface area contributed by atoms with E-state index < -0.39 is 0 Å². The summed E-state index contributed by atoms with van der Waals surface area (Å²) in [5.41, 5.74) is 16.2. The van der Waals surface area contributed by atoms with Gasteiger partial charge in [-0.15, -0.1) is 0 Å². The molecular formula is C51H51N12O4Y-. The quantitative estimate of drug-likeness (QED) is 0.103. The molecule has 4 N–H and O–H groups in total. The van der Waals surface area contributed by atoms with Crippen LogP contribution in [0, 0.1) is 13.1 Å². The number of benzene rings is 4. The zero-order valence-electron chi connectivity index (χ0n) is 37.8. The van der Waals surface area contributed by atoms with Crippen molar-refractivity contribution >= 4 is 45.5 Å². The van der Waals surface area contributed by atoms with Gasteiger partial charge < -0.3 is 35.4 Å². The summed E-state index contributed by atoms with van der Waals surface area (Å²) in [6.45, 7) is 11.8. The first-order chi connectivity index (χ1) is 32.7. The molecule has 16 nitrogen and oxygen atoms in total. The van der Waals surface area contributed by atoms with Crippen molar-refractivity contribution in [2.24, 2.45) is 0 Å². The third kappa shape index (κ3) is 11.6. The van der Waals surface area contributed by atoms with E-state index in [2.05, 4.69) is 51.3 Å². The molecule has 2 saturated heterocycles. The first-order valence-electron chi connectivity index (χ1n) is 22.0. The van der Waals surface area contributed by atoms with Crippen molar-refractivity contribution in [2.75, 3.05) is 37.6 Å². The number of likely N-dealkylation sites (tertiary alicyclic amines) is 2. The first kappa shape index (κ1) is 48.6. The van der Waals surface area contributed by atoms with Gasteiger partial charge in [-0.05, 0) is 112 Å². The summed E-state index contributed by atoms with van der Waals surface area (Å²) in [7, 11) is 0. The molecule has 2 aliphatic rings. The molecule has 6 heterocycles. The molecule has 1 radical (unpaired) electrons. The number of fused-ring (bicyclic) bond motifs is 2. The summed E-state index contributed by atoms with van der Waals surface area (Å²) in [4.78, 5) is 44.3. The molecule has 2 aliphatic heterocycles. The number of rotatable bonds is 9. The van der Waals surface area contributed by atoms with Gasteiger partial charge in [0.25, 0.3) is 0 Å². The van der Waals surface area contributed by atoms with Gasteiger partial charge >= 0.3 is 0 Å². The number of amides is 2. The number of ether oxygens (including phenoxy) is 2. The fraction of sp³-hybridized carbons (Fsp3) is 0.216. The van der Waals surface area contributed by atoms with Crippen molar-refractivity contribution < 1.29 is 51.8 Å². The van der Waals surface area contributed by atoms with Crippen LogP contribution in [-0.2, 0) is 42.3 Å². The third-order valence-electron chi connectivity index (χ3n) is 11.4. The van der Waals surface area contributed by atoms with Crippen molar-refractivity contribution in [3.63, 3.8) is 0 Å². The van der Waals surface area contributed by atoms with Gasteiger partial charge in [0.15, 0.2) is 5.65 Å². The normalized spacial score (nSPS) is 15.4. The number of carbonyl (C=O) groups is 2. The minimum absolute atomic E-state index is 0. The zero-order chi connectivity index (χ0) is 46.7. The van der Waals surface area contributed by atoms with Gasteiger partial charge in [-0.25, -0.2) is 14.6 Å². The maximum atomic E-state index is 12.2. The molecule has 8 aromatic rings. The molecule has 0 aliphatic carbocycles. The second kappa shape index (κ2) is 22.9. The Bertz CT molecular complexity index is 2960. The number of piperidine rings is 2. The number of aryl methyl sites for hydroxylation is 1. The Balaban J connectivity index is 0.000000166. The van der Waals surface area contributed by atoms with Gasteiger partial charge in [-0.1, -0.05) is 72.6 Å². The fourth-order valence-electron chi connectivity index (χ4n) is 8.03. The SMILES string of the molecule is C=CC(=O)N1CCC[C@@H](n2n[c-]c3c(N)ncnc32)C1.C=CC(=O)N1CCC[C@@H](n2nc(-c3ccc(Oc4ccccc4)cc3)c3c(N)ncnc32)C1.Cc1ccc(Oc2ccccc2)cc1.[Y]. The minimum Gasteiger partial charge on any atom is -0.457 e. The topological polar surface area (TPSA) is 198 Å². The van der Waals surface area contributed by atoms with Crippen molar-refractivity contribution in [3.05, 3.63) is 159 Å². The van der Waals surface area contributed by atoms with E-state index in [1.165, 1.54) is 30.4 Å². The molecule has 4 aromatic carbocycles. The second-order valence-corrected chi connectivity index (χ2v) is 16.0. The Morgan fingerprint density at radius 3 is 1.68 bits per heavy atom. The van der Waals surface area contributed by atoms with Crippen LogP contribution in [0.15, 0.2) is 147 Å². The van der Waals surface area contributed by atoms with E-state index in [0.29, 0.717) is 59.0 Å². The fourth-order valence-corrected chi connectivity index (χ4v) is 8.03. The van der Waals surface area contributed by atoms with E-state index in [9.17, 15) is 9.59 Å². The largest absolute Gasteiger partial charge is 0.457 e. The van der Waals surface area contributed by atoms with Crippen LogP contribution in [0.2, 0.25) is 0 Å². The predicted molar refractivity (Wildman–Crippen MR) is 258 cm³/mol. The number of nitrogen functional groups attached to an aromatic ring is 2. The van der Waals surface area contributed by atoms with Crippen LogP contribution in [0.4, 0.5) is 11.6 Å². The Hall–Kier alpha value is -7.30. The molecule has 0 saturated carbocycles. The van der Waals surface area contributed by atoms with Crippen molar-refractivity contribution in [3.8, 4) is 34.3 Å². The summed E-state index contributed by atoms with van der Waals surface area (Å²) in [5, 5.41) is 10.5. The number of hydrogen-bond acceptors (Lipinski definition) is 12. The van der Waals surface area contributed by atoms with Gasteiger partial charge in [0, 0.05) is 75.9 Å². The van der Waals surface area contributed by atoms with Gasteiger partial charge in [-0.3, -0.25) is 24.7 Å². The maximum Gasteiger partial charge on any atom is 0.246 e. The Morgan fingerprint density at radius 2 is 1.13 bits per heavy atom. The molecule has 2 amide bonds. The molecule has 0 bridgehead atoms. The molecule has 2 atom stereocenters. The molecular weight excluding hydrogens is 934 g/mol. The summed E-state index contributed by atoms with van der Waals surface area (Å²) in [6.07, 6.45) is 12.1. The number of nitrogens with two attached hydrogens (primary N) is 2. The Kier molecular flexibility index (Phi) is 16.4. The number of para-hydroxylation sites is 2. The van der Waals surface area contributed by atoms with Crippen LogP contribution >= 0.6 is 0 Å². The number of nitrogens with zero attached hydrogens (tertiary/aromatic N) is 10. The van der Waals surface area contributed by atoms with Gasteiger partial charge in [-0.2, -0.15) is 5.10 Å². The van der Waals surface area contributed by atoms with Crippen LogP contribution in [0.25, 0.3) is 33.3 Å². The number of carbonyl (C=O) groups excluding carboxylic acids is 2. The molecule has 4 aromatic heterocycles. The third-order valence-corrected chi connectivity index (χ3v) is 11.4. The Labute approximate surface area is 419 Å². The molecule has 0 spiro atoms. The van der Waals surface area contributed by atoms with Gasteiger partial charge in [0.1, 0.15) is 40.8 Å². The average Bonchev–Trinajstić information content (AvgIpc) is 4.00.